The van der Waals surface area contributed by atoms with Crippen molar-refractivity contribution in [2.24, 2.45) is 5.92 Å². The summed E-state index contributed by atoms with van der Waals surface area (Å²) < 4.78 is 25.0. The molecule has 1 saturated heterocycles. The summed E-state index contributed by atoms with van der Waals surface area (Å²) in [5.74, 6) is -1.46. The third kappa shape index (κ3) is 5.49. The quantitative estimate of drug-likeness (QED) is 0.783. The van der Waals surface area contributed by atoms with Gasteiger partial charge in [0.25, 0.3) is 0 Å². The number of halogens is 2. The highest BCUT2D eigenvalue weighted by molar-refractivity contribution is 6.32. The molecule has 6 nitrogen and oxygen atoms in total. The molecule has 26 heavy (non-hydrogen) atoms. The maximum Gasteiger partial charge on any atom is 0.407 e. The van der Waals surface area contributed by atoms with Gasteiger partial charge < -0.3 is 19.5 Å². The molecule has 1 aromatic carbocycles. The molecule has 0 bridgehead atoms. The van der Waals surface area contributed by atoms with E-state index in [9.17, 15) is 14.0 Å². The van der Waals surface area contributed by atoms with Crippen molar-refractivity contribution in [1.82, 2.24) is 4.90 Å². The first-order valence-electron chi connectivity index (χ1n) is 8.40. The summed E-state index contributed by atoms with van der Waals surface area (Å²) in [4.78, 5) is 24.4. The van der Waals surface area contributed by atoms with Gasteiger partial charge in [0.05, 0.1) is 17.2 Å². The number of carboxylic acid groups (broad SMARTS) is 1. The molecule has 0 aliphatic carbocycles. The predicted octanol–water partition coefficient (Wildman–Crippen LogP) is 4.20. The first kappa shape index (κ1) is 20.3. The molecule has 0 aromatic heterocycles. The van der Waals surface area contributed by atoms with Crippen LogP contribution in [0.1, 0.15) is 44.0 Å². The fourth-order valence-electron chi connectivity index (χ4n) is 2.71. The minimum atomic E-state index is -0.958. The Hall–Kier alpha value is -2.02. The molecule has 1 N–H and O–H groups in total. The average molecular weight is 388 g/mol. The van der Waals surface area contributed by atoms with E-state index < -0.39 is 23.5 Å². The van der Waals surface area contributed by atoms with Gasteiger partial charge >= 0.3 is 12.1 Å². The van der Waals surface area contributed by atoms with Crippen molar-refractivity contribution in [3.8, 4) is 5.75 Å². The highest BCUT2D eigenvalue weighted by Crippen LogP contribution is 2.30. The summed E-state index contributed by atoms with van der Waals surface area (Å²) in [6, 6.07) is 2.24. The normalized spacial score (nSPS) is 17.7. The SMILES string of the molecule is CC(C)(C)OC(=O)c1cc(Cl)c(OC[C@H]2CCCN(C(=O)O)C2)cc1F. The van der Waals surface area contributed by atoms with Crippen LogP contribution in [0.4, 0.5) is 9.18 Å². The van der Waals surface area contributed by atoms with Crippen molar-refractivity contribution in [2.45, 2.75) is 39.2 Å². The Bertz CT molecular complexity index is 689. The number of benzene rings is 1. The number of rotatable bonds is 4. The van der Waals surface area contributed by atoms with E-state index in [4.69, 9.17) is 26.2 Å². The van der Waals surface area contributed by atoms with E-state index >= 15 is 0 Å². The lowest BCUT2D eigenvalue weighted by Crippen LogP contribution is -2.40. The smallest absolute Gasteiger partial charge is 0.407 e. The van der Waals surface area contributed by atoms with Crippen LogP contribution >= 0.6 is 11.6 Å². The van der Waals surface area contributed by atoms with Crippen LogP contribution in [0.5, 0.6) is 5.75 Å². The lowest BCUT2D eigenvalue weighted by atomic mass is 9.99. The zero-order valence-corrected chi connectivity index (χ0v) is 15.8. The van der Waals surface area contributed by atoms with Crippen LogP contribution in [0.2, 0.25) is 5.02 Å². The molecule has 8 heteroatoms. The fourth-order valence-corrected chi connectivity index (χ4v) is 2.93. The summed E-state index contributed by atoms with van der Waals surface area (Å²) in [5, 5.41) is 9.15. The second-order valence-electron chi connectivity index (χ2n) is 7.31. The Kier molecular flexibility index (Phi) is 6.34. The second-order valence-corrected chi connectivity index (χ2v) is 7.72. The number of amides is 1. The molecule has 1 aliphatic rings. The van der Waals surface area contributed by atoms with E-state index in [0.717, 1.165) is 18.9 Å². The summed E-state index contributed by atoms with van der Waals surface area (Å²) in [6.45, 7) is 6.15. The van der Waals surface area contributed by atoms with Crippen LogP contribution in [0.15, 0.2) is 12.1 Å². The molecular weight excluding hydrogens is 365 g/mol. The first-order chi connectivity index (χ1) is 12.1. The van der Waals surface area contributed by atoms with Gasteiger partial charge in [0, 0.05) is 25.1 Å². The summed E-state index contributed by atoms with van der Waals surface area (Å²) >= 11 is 6.11. The van der Waals surface area contributed by atoms with Crippen LogP contribution < -0.4 is 4.74 Å². The van der Waals surface area contributed by atoms with Gasteiger partial charge in [0.2, 0.25) is 0 Å². The number of hydrogen-bond donors (Lipinski definition) is 1. The van der Waals surface area contributed by atoms with Crippen molar-refractivity contribution < 1.29 is 28.6 Å². The monoisotopic (exact) mass is 387 g/mol. The zero-order chi connectivity index (χ0) is 19.5. The van der Waals surface area contributed by atoms with Crippen molar-refractivity contribution >= 4 is 23.7 Å². The molecule has 1 heterocycles. The molecule has 1 aromatic rings. The Morgan fingerprint density at radius 3 is 2.69 bits per heavy atom. The van der Waals surface area contributed by atoms with Crippen molar-refractivity contribution in [3.63, 3.8) is 0 Å². The topological polar surface area (TPSA) is 76.1 Å². The van der Waals surface area contributed by atoms with E-state index in [2.05, 4.69) is 0 Å². The average Bonchev–Trinajstić information content (AvgIpc) is 2.53. The van der Waals surface area contributed by atoms with Crippen molar-refractivity contribution in [3.05, 3.63) is 28.5 Å². The molecule has 1 aliphatic heterocycles. The van der Waals surface area contributed by atoms with E-state index in [1.165, 1.54) is 11.0 Å². The first-order valence-corrected chi connectivity index (χ1v) is 8.77. The maximum atomic E-state index is 14.3. The number of ether oxygens (including phenoxy) is 2. The van der Waals surface area contributed by atoms with E-state index in [1.807, 2.05) is 0 Å². The van der Waals surface area contributed by atoms with Gasteiger partial charge in [0.1, 0.15) is 17.2 Å². The van der Waals surface area contributed by atoms with Crippen LogP contribution in [0, 0.1) is 11.7 Å². The van der Waals surface area contributed by atoms with Crippen LogP contribution in [0.3, 0.4) is 0 Å². The molecule has 144 valence electrons. The summed E-state index contributed by atoms with van der Waals surface area (Å²) in [5.41, 5.74) is -1.01. The van der Waals surface area contributed by atoms with E-state index in [-0.39, 0.29) is 28.9 Å². The number of nitrogens with zero attached hydrogens (tertiary/aromatic N) is 1. The standard InChI is InChI=1S/C18H23ClFNO5/c1-18(2,3)26-16(22)12-7-13(19)15(8-14(12)20)25-10-11-5-4-6-21(9-11)17(23)24/h7-8,11H,4-6,9-10H2,1-3H3,(H,23,24)/t11-/m0/s1. The Labute approximate surface area is 156 Å². The third-order valence-corrected chi connectivity index (χ3v) is 4.20. The van der Waals surface area contributed by atoms with Gasteiger partial charge in [-0.1, -0.05) is 11.6 Å². The van der Waals surface area contributed by atoms with Gasteiger partial charge in [0.15, 0.2) is 0 Å². The van der Waals surface area contributed by atoms with Crippen LogP contribution in [-0.2, 0) is 4.74 Å². The third-order valence-electron chi connectivity index (χ3n) is 3.90. The van der Waals surface area contributed by atoms with Gasteiger partial charge in [-0.15, -0.1) is 0 Å². The van der Waals surface area contributed by atoms with E-state index in [1.54, 1.807) is 20.8 Å². The number of piperidine rings is 1. The number of carbonyl (C=O) groups excluding carboxylic acids is 1. The molecule has 0 saturated carbocycles. The minimum Gasteiger partial charge on any atom is -0.492 e. The molecular formula is C18H23ClFNO5. The van der Waals surface area contributed by atoms with Crippen molar-refractivity contribution in [2.75, 3.05) is 19.7 Å². The molecule has 1 fully saturated rings. The molecule has 0 radical (unpaired) electrons. The Morgan fingerprint density at radius 1 is 1.38 bits per heavy atom. The van der Waals surface area contributed by atoms with Crippen molar-refractivity contribution in [1.29, 1.82) is 0 Å². The highest BCUT2D eigenvalue weighted by Gasteiger charge is 2.25. The Balaban J connectivity index is 2.03. The number of likely N-dealkylation sites (tertiary alicyclic amines) is 1. The molecule has 1 amide bonds. The zero-order valence-electron chi connectivity index (χ0n) is 15.1. The second kappa shape index (κ2) is 8.12. The number of hydrogen-bond acceptors (Lipinski definition) is 4. The maximum absolute atomic E-state index is 14.3. The van der Waals surface area contributed by atoms with E-state index in [0.29, 0.717) is 13.1 Å². The van der Waals surface area contributed by atoms with Gasteiger partial charge in [-0.2, -0.15) is 0 Å². The molecule has 0 unspecified atom stereocenters. The minimum absolute atomic E-state index is 0.00418. The largest absolute Gasteiger partial charge is 0.492 e. The van der Waals surface area contributed by atoms with Gasteiger partial charge in [-0.25, -0.2) is 14.0 Å². The van der Waals surface area contributed by atoms with Gasteiger partial charge in [-0.05, 0) is 39.7 Å². The lowest BCUT2D eigenvalue weighted by Gasteiger charge is -2.30. The van der Waals surface area contributed by atoms with Crippen LogP contribution in [0.25, 0.3) is 0 Å². The highest BCUT2D eigenvalue weighted by atomic mass is 35.5. The molecule has 0 spiro atoms. The summed E-state index contributed by atoms with van der Waals surface area (Å²) in [7, 11) is 0. The summed E-state index contributed by atoms with van der Waals surface area (Å²) in [6.07, 6.45) is 0.611. The fraction of sp³-hybridized carbons (Fsp3) is 0.556. The molecule has 1 atom stereocenters. The Morgan fingerprint density at radius 2 is 2.08 bits per heavy atom. The van der Waals surface area contributed by atoms with Crippen LogP contribution in [-0.4, -0.2) is 47.4 Å². The molecule has 2 rings (SSSR count). The lowest BCUT2D eigenvalue weighted by molar-refractivity contribution is 0.00646. The number of esters is 1. The predicted molar refractivity (Wildman–Crippen MR) is 94.4 cm³/mol. The van der Waals surface area contributed by atoms with Gasteiger partial charge in [-0.3, -0.25) is 0 Å². The number of carbonyl (C=O) groups is 2.